The van der Waals surface area contributed by atoms with E-state index < -0.39 is 21.3 Å². The fourth-order valence-electron chi connectivity index (χ4n) is 13.8. The van der Waals surface area contributed by atoms with E-state index in [2.05, 4.69) is 296 Å². The summed E-state index contributed by atoms with van der Waals surface area (Å²) in [6.07, 6.45) is 11.2. The van der Waals surface area contributed by atoms with Crippen molar-refractivity contribution >= 4 is 49.6 Å². The number of benzene rings is 12. The Morgan fingerprint density at radius 3 is 1.39 bits per heavy atom. The summed E-state index contributed by atoms with van der Waals surface area (Å²) in [7, 11) is 0. The molecular formula is C81H68Cl2Zr. The molecule has 0 fully saturated rings. The Labute approximate surface area is 516 Å². The van der Waals surface area contributed by atoms with Gasteiger partial charge in [-0.15, -0.1) is 0 Å². The summed E-state index contributed by atoms with van der Waals surface area (Å²) in [5.41, 5.74) is 21.6. The van der Waals surface area contributed by atoms with Gasteiger partial charge in [0.1, 0.15) is 0 Å². The van der Waals surface area contributed by atoms with Gasteiger partial charge in [0.05, 0.1) is 0 Å². The smallest absolute Gasteiger partial charge is 1.00 e. The molecule has 0 heterocycles. The molecule has 2 aliphatic carbocycles. The minimum atomic E-state index is -3.21. The van der Waals surface area contributed by atoms with Gasteiger partial charge in [0.2, 0.25) is 0 Å². The van der Waals surface area contributed by atoms with Crippen molar-refractivity contribution in [2.45, 2.75) is 78.1 Å². The molecule has 0 bridgehead atoms. The molecule has 84 heavy (non-hydrogen) atoms. The van der Waals surface area contributed by atoms with Gasteiger partial charge in [-0.1, -0.05) is 30.3 Å². The number of fused-ring (bicyclic) bond motifs is 9. The molecule has 2 aliphatic rings. The minimum absolute atomic E-state index is 0. The van der Waals surface area contributed by atoms with Gasteiger partial charge in [-0.05, 0) is 10.8 Å². The Hall–Kier alpha value is -7.51. The third-order valence-electron chi connectivity index (χ3n) is 17.7. The maximum Gasteiger partial charge on any atom is -1.00 e. The van der Waals surface area contributed by atoms with Crippen LogP contribution in [0.4, 0.5) is 0 Å². The second kappa shape index (κ2) is 23.2. The molecule has 14 rings (SSSR count). The molecule has 12 aromatic rings. The molecule has 0 unspecified atom stereocenters. The summed E-state index contributed by atoms with van der Waals surface area (Å²) in [6.45, 7) is 14.7. The van der Waals surface area contributed by atoms with E-state index in [-0.39, 0.29) is 35.6 Å². The summed E-state index contributed by atoms with van der Waals surface area (Å²) in [5, 5.41) is 10.3. The molecule has 0 saturated carbocycles. The SMILES string of the molecule is CC(C)(C)c1cc2c(cc1-c1ccccc1-c1ccc3c(ccc4ccccc43)c1)Cc1c-2cc(C(C)(C)C)c(-c2ccccc2-c2ccc3c(ccc4ccccc43)c2)[c]1[Zr+2]([C]1=CC=CC1)=[C](Cc1ccccc1)Cc1ccccc1.[Cl-].[Cl-]. The third-order valence-corrected chi connectivity index (χ3v) is 25.4. The maximum absolute atomic E-state index is 3.21. The number of allylic oxidation sites excluding steroid dienone is 4. The summed E-state index contributed by atoms with van der Waals surface area (Å²) in [6, 6.07) is 90.5. The van der Waals surface area contributed by atoms with E-state index in [0.29, 0.717) is 0 Å². The largest absolute Gasteiger partial charge is 1.00 e. The van der Waals surface area contributed by atoms with Crippen molar-refractivity contribution in [2.75, 3.05) is 0 Å². The molecule has 12 aromatic carbocycles. The van der Waals surface area contributed by atoms with Crippen LogP contribution in [0.15, 0.2) is 258 Å². The zero-order valence-corrected chi connectivity index (χ0v) is 52.8. The van der Waals surface area contributed by atoms with E-state index in [1.54, 1.807) is 15.3 Å². The van der Waals surface area contributed by atoms with Crippen molar-refractivity contribution in [3.8, 4) is 55.6 Å². The Bertz CT molecular complexity index is 4580. The van der Waals surface area contributed by atoms with Crippen LogP contribution in [0.1, 0.15) is 81.3 Å². The molecule has 0 radical (unpaired) electrons. The van der Waals surface area contributed by atoms with Gasteiger partial charge in [-0.3, -0.25) is 0 Å². The molecule has 0 saturated heterocycles. The van der Waals surface area contributed by atoms with E-state index >= 15 is 0 Å². The van der Waals surface area contributed by atoms with E-state index in [0.717, 1.165) is 25.7 Å². The second-order valence-electron chi connectivity index (χ2n) is 25.1. The summed E-state index contributed by atoms with van der Waals surface area (Å²) >= 11 is -3.21. The van der Waals surface area contributed by atoms with Gasteiger partial charge >= 0.3 is 455 Å². The predicted molar refractivity (Wildman–Crippen MR) is 351 cm³/mol. The van der Waals surface area contributed by atoms with Crippen LogP contribution in [0, 0.1) is 0 Å². The monoisotopic (exact) mass is 1200 g/mol. The average molecular weight is 1200 g/mol. The minimum Gasteiger partial charge on any atom is -1.00 e. The fourth-order valence-corrected chi connectivity index (χ4v) is 22.4. The van der Waals surface area contributed by atoms with Gasteiger partial charge in [-0.25, -0.2) is 0 Å². The molecule has 410 valence electrons. The van der Waals surface area contributed by atoms with Crippen LogP contribution in [0.25, 0.3) is 98.7 Å². The second-order valence-corrected chi connectivity index (χ2v) is 31.5. The predicted octanol–water partition coefficient (Wildman–Crippen LogP) is 14.9. The Balaban J connectivity index is 0.00000347. The first-order valence-electron chi connectivity index (χ1n) is 29.5. The van der Waals surface area contributed by atoms with Crippen LogP contribution in [0.3, 0.4) is 0 Å². The first-order chi connectivity index (χ1) is 39.9. The van der Waals surface area contributed by atoms with Crippen LogP contribution in [-0.4, -0.2) is 3.21 Å². The number of halogens is 2. The number of hydrogen-bond donors (Lipinski definition) is 0. The Kier molecular flexibility index (Phi) is 15.7. The number of hydrogen-bond acceptors (Lipinski definition) is 0. The standard InChI is InChI=1S/C61H49.C15H14.C5H5.2ClH.Zr/c1-60(2,3)58-36-54-44(34-56(58)52-21-13-11-19-48(52)42-27-29-50-40(31-42)25-23-38-15-7-9-17-46(38)50)33-45-35-57(59(37-55(45)54)61(4,5)6)53-22-14-12-20-49(53)43-28-30-51-41(32-43)26-24-39-16-8-10-18-47(39)51;1-3-8-14(9-4-1)12-7-13-15-10-5-2-6-11-15;1-2-4-5-3-1;;;/h7-32,34,36-37H,33H2,1-6H3;1-6,8-11H,12-13H2;1-3H,4H2;2*1H;/q;;;;;+2/p-2. The maximum atomic E-state index is 2.68. The summed E-state index contributed by atoms with van der Waals surface area (Å²) in [5.74, 6) is 0. The summed E-state index contributed by atoms with van der Waals surface area (Å²) < 4.78 is 5.06. The Morgan fingerprint density at radius 1 is 0.393 bits per heavy atom. The van der Waals surface area contributed by atoms with E-state index in [1.807, 2.05) is 0 Å². The van der Waals surface area contributed by atoms with Crippen molar-refractivity contribution < 1.29 is 46.1 Å². The first kappa shape index (κ1) is 56.9. The van der Waals surface area contributed by atoms with Crippen molar-refractivity contribution in [2.24, 2.45) is 0 Å². The zero-order valence-electron chi connectivity index (χ0n) is 48.8. The Morgan fingerprint density at radius 2 is 0.857 bits per heavy atom. The molecule has 0 amide bonds. The molecule has 0 nitrogen and oxygen atoms in total. The van der Waals surface area contributed by atoms with Gasteiger partial charge in [0, 0.05) is 0 Å². The average Bonchev–Trinajstić information content (AvgIpc) is 1.56. The van der Waals surface area contributed by atoms with Gasteiger partial charge < -0.3 is 24.8 Å². The van der Waals surface area contributed by atoms with Gasteiger partial charge in [0.25, 0.3) is 0 Å². The van der Waals surface area contributed by atoms with Crippen LogP contribution in [0.5, 0.6) is 0 Å². The van der Waals surface area contributed by atoms with E-state index in [9.17, 15) is 0 Å². The number of rotatable bonds is 10. The van der Waals surface area contributed by atoms with E-state index in [1.165, 1.54) is 127 Å². The zero-order chi connectivity index (χ0) is 55.7. The topological polar surface area (TPSA) is 0 Å². The third kappa shape index (κ3) is 10.5. The molecule has 0 atom stereocenters. The summed E-state index contributed by atoms with van der Waals surface area (Å²) in [4.78, 5) is 0. The van der Waals surface area contributed by atoms with Crippen LogP contribution < -0.4 is 28.1 Å². The van der Waals surface area contributed by atoms with Gasteiger partial charge in [0.15, 0.2) is 0 Å². The van der Waals surface area contributed by atoms with Crippen LogP contribution >= 0.6 is 0 Å². The molecule has 0 aliphatic heterocycles. The molecule has 0 aromatic heterocycles. The van der Waals surface area contributed by atoms with Crippen molar-refractivity contribution in [3.05, 3.63) is 291 Å². The first-order valence-corrected chi connectivity index (χ1v) is 33.2. The van der Waals surface area contributed by atoms with Crippen molar-refractivity contribution in [1.29, 1.82) is 0 Å². The molecule has 0 spiro atoms. The molecular weight excluding hydrogens is 1140 g/mol. The fraction of sp³-hybridized carbons (Fsp3) is 0.148. The quantitative estimate of drug-likeness (QED) is 0.120. The van der Waals surface area contributed by atoms with Crippen LogP contribution in [-0.2, 0) is 51.4 Å². The van der Waals surface area contributed by atoms with E-state index in [4.69, 9.17) is 0 Å². The van der Waals surface area contributed by atoms with Crippen molar-refractivity contribution in [3.63, 3.8) is 0 Å². The normalized spacial score (nSPS) is 12.6. The molecule has 3 heteroatoms. The van der Waals surface area contributed by atoms with Crippen LogP contribution in [0.2, 0.25) is 0 Å². The van der Waals surface area contributed by atoms with Crippen molar-refractivity contribution in [1.82, 2.24) is 0 Å². The molecule has 0 N–H and O–H groups in total. The van der Waals surface area contributed by atoms with Gasteiger partial charge in [-0.2, -0.15) is 0 Å².